The molecule has 0 fully saturated rings. The molecule has 0 saturated heterocycles. The van der Waals surface area contributed by atoms with Crippen molar-refractivity contribution in [3.63, 3.8) is 0 Å². The van der Waals surface area contributed by atoms with Gasteiger partial charge in [-0.2, -0.15) is 0 Å². The van der Waals surface area contributed by atoms with Crippen LogP contribution in [0.15, 0.2) is 78.5 Å². The summed E-state index contributed by atoms with van der Waals surface area (Å²) in [5, 5.41) is 5.60. The number of rotatable bonds is 9. The number of nitrogens with one attached hydrogen (secondary N) is 3. The molecular weight excluding hydrogens is 444 g/mol. The van der Waals surface area contributed by atoms with Crippen LogP contribution in [0.3, 0.4) is 0 Å². The Labute approximate surface area is 203 Å². The zero-order chi connectivity index (χ0) is 24.6. The number of benzene rings is 3. The average Bonchev–Trinajstić information content (AvgIpc) is 3.31. The summed E-state index contributed by atoms with van der Waals surface area (Å²) in [7, 11) is 3.07. The van der Waals surface area contributed by atoms with Crippen LogP contribution in [0, 0.1) is 0 Å². The van der Waals surface area contributed by atoms with Gasteiger partial charge in [-0.3, -0.25) is 9.59 Å². The van der Waals surface area contributed by atoms with Crippen molar-refractivity contribution in [2.75, 3.05) is 20.8 Å². The minimum Gasteiger partial charge on any atom is -0.497 e. The number of hydrogen-bond donors (Lipinski definition) is 3. The van der Waals surface area contributed by atoms with Crippen molar-refractivity contribution in [2.24, 2.45) is 0 Å². The quantitative estimate of drug-likeness (QED) is 0.324. The van der Waals surface area contributed by atoms with Gasteiger partial charge in [0.15, 0.2) is 0 Å². The Kier molecular flexibility index (Phi) is 7.42. The van der Waals surface area contributed by atoms with E-state index in [-0.39, 0.29) is 5.70 Å². The lowest BCUT2D eigenvalue weighted by Crippen LogP contribution is -2.36. The molecule has 8 nitrogen and oxygen atoms in total. The predicted molar refractivity (Wildman–Crippen MR) is 134 cm³/mol. The number of carbonyl (C=O) groups excluding carboxylic acids is 2. The summed E-state index contributed by atoms with van der Waals surface area (Å²) in [6, 6.07) is 21.7. The highest BCUT2D eigenvalue weighted by molar-refractivity contribution is 6.06. The lowest BCUT2D eigenvalue weighted by atomic mass is 10.1. The van der Waals surface area contributed by atoms with Gasteiger partial charge in [0.2, 0.25) is 0 Å². The maximum absolute atomic E-state index is 13.1. The second-order valence-electron chi connectivity index (χ2n) is 7.69. The van der Waals surface area contributed by atoms with Crippen LogP contribution >= 0.6 is 0 Å². The van der Waals surface area contributed by atoms with E-state index in [0.717, 1.165) is 22.4 Å². The number of fused-ring (bicyclic) bond motifs is 1. The molecule has 2 amide bonds. The highest BCUT2D eigenvalue weighted by atomic mass is 16.5. The zero-order valence-electron chi connectivity index (χ0n) is 19.5. The van der Waals surface area contributed by atoms with Gasteiger partial charge < -0.3 is 25.1 Å². The summed E-state index contributed by atoms with van der Waals surface area (Å²) < 4.78 is 10.5. The Morgan fingerprint density at radius 2 is 1.69 bits per heavy atom. The first-order valence-corrected chi connectivity index (χ1v) is 11.1. The Balaban J connectivity index is 1.50. The maximum Gasteiger partial charge on any atom is 0.267 e. The van der Waals surface area contributed by atoms with E-state index in [2.05, 4.69) is 20.6 Å². The van der Waals surface area contributed by atoms with Crippen molar-refractivity contribution in [3.05, 3.63) is 95.4 Å². The van der Waals surface area contributed by atoms with E-state index < -0.39 is 11.8 Å². The van der Waals surface area contributed by atoms with Crippen molar-refractivity contribution in [1.82, 2.24) is 20.6 Å². The molecule has 0 aliphatic heterocycles. The number of imidazole rings is 1. The maximum atomic E-state index is 13.1. The van der Waals surface area contributed by atoms with E-state index >= 15 is 0 Å². The molecule has 0 radical (unpaired) electrons. The van der Waals surface area contributed by atoms with Crippen molar-refractivity contribution < 1.29 is 19.1 Å². The molecule has 4 aromatic rings. The molecule has 0 aliphatic rings. The fraction of sp³-hybridized carbons (Fsp3) is 0.148. The first-order valence-electron chi connectivity index (χ1n) is 11.1. The van der Waals surface area contributed by atoms with E-state index in [4.69, 9.17) is 9.47 Å². The van der Waals surface area contributed by atoms with Crippen LogP contribution in [0.2, 0.25) is 0 Å². The minimum absolute atomic E-state index is 0.107. The molecule has 0 unspecified atom stereocenters. The third-order valence-electron chi connectivity index (χ3n) is 5.36. The number of hydrogen-bond acceptors (Lipinski definition) is 5. The first kappa shape index (κ1) is 23.6. The van der Waals surface area contributed by atoms with Gasteiger partial charge in [0, 0.05) is 13.0 Å². The molecule has 3 aromatic carbocycles. The molecule has 1 aromatic heterocycles. The highest BCUT2D eigenvalue weighted by Crippen LogP contribution is 2.18. The van der Waals surface area contributed by atoms with E-state index in [1.54, 1.807) is 61.7 Å². The lowest BCUT2D eigenvalue weighted by Gasteiger charge is -2.13. The molecule has 0 bridgehead atoms. The zero-order valence-corrected chi connectivity index (χ0v) is 19.5. The fourth-order valence-electron chi connectivity index (χ4n) is 3.56. The van der Waals surface area contributed by atoms with Gasteiger partial charge in [0.05, 0.1) is 30.8 Å². The van der Waals surface area contributed by atoms with Gasteiger partial charge in [-0.1, -0.05) is 36.4 Å². The first-order chi connectivity index (χ1) is 17.1. The summed E-state index contributed by atoms with van der Waals surface area (Å²) in [5.41, 5.74) is 2.98. The molecule has 0 atom stereocenters. The number of H-pyrrole nitrogens is 1. The summed E-state index contributed by atoms with van der Waals surface area (Å²) >= 11 is 0. The number of aromatic nitrogens is 2. The van der Waals surface area contributed by atoms with Crippen LogP contribution in [-0.4, -0.2) is 42.5 Å². The summed E-state index contributed by atoms with van der Waals surface area (Å²) in [4.78, 5) is 33.8. The molecule has 1 heterocycles. The van der Waals surface area contributed by atoms with Crippen LogP contribution < -0.4 is 20.1 Å². The number of methoxy groups -OCH3 is 2. The third kappa shape index (κ3) is 5.86. The number of para-hydroxylation sites is 3. The van der Waals surface area contributed by atoms with Gasteiger partial charge >= 0.3 is 0 Å². The van der Waals surface area contributed by atoms with E-state index in [1.807, 2.05) is 24.3 Å². The second kappa shape index (κ2) is 11.0. The lowest BCUT2D eigenvalue weighted by molar-refractivity contribution is -0.117. The van der Waals surface area contributed by atoms with Crippen LogP contribution in [0.25, 0.3) is 17.1 Å². The molecule has 8 heteroatoms. The van der Waals surface area contributed by atoms with Crippen LogP contribution in [0.1, 0.15) is 21.7 Å². The smallest absolute Gasteiger partial charge is 0.267 e. The van der Waals surface area contributed by atoms with Crippen molar-refractivity contribution >= 4 is 28.9 Å². The number of ether oxygens (including phenoxy) is 2. The van der Waals surface area contributed by atoms with Gasteiger partial charge in [-0.15, -0.1) is 0 Å². The molecule has 0 spiro atoms. The number of amides is 2. The second-order valence-corrected chi connectivity index (χ2v) is 7.69. The molecule has 0 aliphatic carbocycles. The van der Waals surface area contributed by atoms with Gasteiger partial charge in [-0.25, -0.2) is 4.98 Å². The Bertz CT molecular complexity index is 1330. The van der Waals surface area contributed by atoms with Crippen LogP contribution in [0.5, 0.6) is 11.5 Å². The normalized spacial score (nSPS) is 11.2. The van der Waals surface area contributed by atoms with Crippen LogP contribution in [0.4, 0.5) is 0 Å². The molecule has 3 N–H and O–H groups in total. The highest BCUT2D eigenvalue weighted by Gasteiger charge is 2.17. The monoisotopic (exact) mass is 470 g/mol. The number of nitrogens with zero attached hydrogens (tertiary/aromatic N) is 1. The molecular formula is C27H26N4O4. The third-order valence-corrected chi connectivity index (χ3v) is 5.36. The van der Waals surface area contributed by atoms with Crippen LogP contribution in [-0.2, 0) is 11.2 Å². The van der Waals surface area contributed by atoms with Crippen molar-refractivity contribution in [1.29, 1.82) is 0 Å². The summed E-state index contributed by atoms with van der Waals surface area (Å²) in [6.07, 6.45) is 2.12. The van der Waals surface area contributed by atoms with Gasteiger partial charge in [0.1, 0.15) is 23.0 Å². The molecule has 4 rings (SSSR count). The van der Waals surface area contributed by atoms with E-state index in [0.29, 0.717) is 30.0 Å². The Morgan fingerprint density at radius 1 is 0.943 bits per heavy atom. The average molecular weight is 471 g/mol. The Morgan fingerprint density at radius 3 is 2.43 bits per heavy atom. The van der Waals surface area contributed by atoms with E-state index in [9.17, 15) is 9.59 Å². The summed E-state index contributed by atoms with van der Waals surface area (Å²) in [6.45, 7) is 0.336. The molecule has 0 saturated carbocycles. The topological polar surface area (TPSA) is 105 Å². The Hall–Kier alpha value is -4.59. The van der Waals surface area contributed by atoms with Crippen molar-refractivity contribution in [3.8, 4) is 11.5 Å². The van der Waals surface area contributed by atoms with Gasteiger partial charge in [-0.05, 0) is 48.0 Å². The molecule has 35 heavy (non-hydrogen) atoms. The minimum atomic E-state index is -0.449. The fourth-order valence-corrected chi connectivity index (χ4v) is 3.56. The number of carbonyl (C=O) groups is 2. The van der Waals surface area contributed by atoms with E-state index in [1.165, 1.54) is 7.11 Å². The predicted octanol–water partition coefficient (Wildman–Crippen LogP) is 3.71. The van der Waals surface area contributed by atoms with Crippen molar-refractivity contribution in [2.45, 2.75) is 6.42 Å². The number of aromatic amines is 1. The standard InChI is InChI=1S/C27H26N4O4/c1-34-19-13-11-18(12-14-19)17-23(31-26(32)20-7-3-6-10-24(20)35-2)27(33)28-16-15-25-29-21-8-4-5-9-22(21)30-25/h3-14,17H,15-16H2,1-2H3,(H,28,33)(H,29,30)(H,31,32). The largest absolute Gasteiger partial charge is 0.497 e. The van der Waals surface area contributed by atoms with Gasteiger partial charge in [0.25, 0.3) is 11.8 Å². The SMILES string of the molecule is COc1ccc(C=C(NC(=O)c2ccccc2OC)C(=O)NCCc2nc3ccccc3[nH]2)cc1. The molecule has 178 valence electrons. The summed E-state index contributed by atoms with van der Waals surface area (Å²) in [5.74, 6) is 1.01.